The average Bonchev–Trinajstić information content (AvgIpc) is 3.65. The van der Waals surface area contributed by atoms with E-state index in [0.717, 1.165) is 45.5 Å². The van der Waals surface area contributed by atoms with Crippen molar-refractivity contribution in [3.8, 4) is 33.9 Å². The molecule has 0 N–H and O–H groups in total. The van der Waals surface area contributed by atoms with Crippen LogP contribution >= 0.6 is 0 Å². The van der Waals surface area contributed by atoms with E-state index in [-0.39, 0.29) is 5.41 Å². The Hall–Kier alpha value is -4.70. The summed E-state index contributed by atoms with van der Waals surface area (Å²) < 4.78 is 4.47. The topological polar surface area (TPSA) is 35.6 Å². The van der Waals surface area contributed by atoms with Gasteiger partial charge < -0.3 is 9.13 Å². The summed E-state index contributed by atoms with van der Waals surface area (Å²) in [4.78, 5) is 10.7. The average molecular weight is 521 g/mol. The van der Waals surface area contributed by atoms with E-state index < -0.39 is 5.41 Å². The summed E-state index contributed by atoms with van der Waals surface area (Å²) in [5.74, 6) is 1.89. The van der Waals surface area contributed by atoms with Gasteiger partial charge in [-0.3, -0.25) is 0 Å². The molecule has 4 heteroatoms. The van der Waals surface area contributed by atoms with Gasteiger partial charge in [0.05, 0.1) is 16.8 Å². The number of rotatable bonds is 2. The van der Waals surface area contributed by atoms with E-state index in [4.69, 9.17) is 9.97 Å². The summed E-state index contributed by atoms with van der Waals surface area (Å²) in [6.45, 7) is 9.04. The Labute approximate surface area is 235 Å². The molecule has 0 unspecified atom stereocenters. The van der Waals surface area contributed by atoms with Crippen molar-refractivity contribution in [2.24, 2.45) is 0 Å². The highest BCUT2D eigenvalue weighted by atomic mass is 15.1. The molecular formula is C36H32N4. The van der Waals surface area contributed by atoms with Crippen LogP contribution in [0.3, 0.4) is 0 Å². The molecule has 0 saturated heterocycles. The number of hydrogen-bond donors (Lipinski definition) is 0. The number of imidazole rings is 2. The second kappa shape index (κ2) is 8.92. The Morgan fingerprint density at radius 2 is 0.900 bits per heavy atom. The van der Waals surface area contributed by atoms with Crippen molar-refractivity contribution < 1.29 is 0 Å². The molecule has 0 spiro atoms. The zero-order valence-electron chi connectivity index (χ0n) is 23.3. The van der Waals surface area contributed by atoms with E-state index in [1.807, 2.05) is 0 Å². The van der Waals surface area contributed by atoms with Crippen LogP contribution in [0.4, 0.5) is 0 Å². The van der Waals surface area contributed by atoms with Crippen molar-refractivity contribution in [2.45, 2.75) is 38.5 Å². The first-order valence-electron chi connectivity index (χ1n) is 13.8. The van der Waals surface area contributed by atoms with Gasteiger partial charge in [-0.15, -0.1) is 0 Å². The first-order valence-corrected chi connectivity index (χ1v) is 13.8. The molecular weight excluding hydrogens is 488 g/mol. The van der Waals surface area contributed by atoms with Crippen molar-refractivity contribution in [2.75, 3.05) is 0 Å². The standard InChI is InChI=1S/C36H32N4/c1-35(2)27-15-11-13-25(21-27)31-23-39(29-17-7-5-8-18-29)33(37-31)36(3,4)34-38-32(26-14-12-16-28(35)22-26)24-40(34)30-19-9-6-10-20-30/h5-24H,1-4H3. The van der Waals surface area contributed by atoms with Gasteiger partial charge in [0.15, 0.2) is 0 Å². The quantitative estimate of drug-likeness (QED) is 0.230. The van der Waals surface area contributed by atoms with Crippen molar-refractivity contribution >= 4 is 0 Å². The first-order chi connectivity index (χ1) is 19.3. The van der Waals surface area contributed by atoms with E-state index in [1.54, 1.807) is 0 Å². The number of fused-ring (bicyclic) bond motifs is 10. The number of nitrogens with zero attached hydrogens (tertiary/aromatic N) is 4. The molecule has 8 bridgehead atoms. The van der Waals surface area contributed by atoms with Crippen LogP contribution in [0.2, 0.25) is 0 Å². The molecule has 0 atom stereocenters. The number of benzene rings is 4. The lowest BCUT2D eigenvalue weighted by molar-refractivity contribution is 0.533. The molecule has 2 aromatic heterocycles. The van der Waals surface area contributed by atoms with Crippen molar-refractivity contribution in [1.29, 1.82) is 0 Å². The van der Waals surface area contributed by atoms with Gasteiger partial charge in [-0.25, -0.2) is 9.97 Å². The molecule has 0 saturated carbocycles. The molecule has 1 aliphatic heterocycles. The summed E-state index contributed by atoms with van der Waals surface area (Å²) in [6.07, 6.45) is 4.35. The van der Waals surface area contributed by atoms with E-state index in [2.05, 4.69) is 158 Å². The predicted octanol–water partition coefficient (Wildman–Crippen LogP) is 8.36. The summed E-state index contributed by atoms with van der Waals surface area (Å²) in [5, 5.41) is 0. The van der Waals surface area contributed by atoms with Crippen LogP contribution < -0.4 is 0 Å². The molecule has 1 aliphatic rings. The lowest BCUT2D eigenvalue weighted by atomic mass is 9.77. The largest absolute Gasteiger partial charge is 0.302 e. The van der Waals surface area contributed by atoms with Gasteiger partial charge in [0.25, 0.3) is 0 Å². The highest BCUT2D eigenvalue weighted by molar-refractivity contribution is 5.66. The maximum absolute atomic E-state index is 5.35. The Balaban J connectivity index is 1.58. The summed E-state index contributed by atoms with van der Waals surface area (Å²) in [7, 11) is 0. The van der Waals surface area contributed by atoms with E-state index in [0.29, 0.717) is 0 Å². The maximum atomic E-state index is 5.35. The Morgan fingerprint density at radius 3 is 1.32 bits per heavy atom. The van der Waals surface area contributed by atoms with Gasteiger partial charge >= 0.3 is 0 Å². The molecule has 196 valence electrons. The third-order valence-corrected chi connectivity index (χ3v) is 8.36. The van der Waals surface area contributed by atoms with E-state index in [1.165, 1.54) is 11.1 Å². The molecule has 6 aromatic rings. The van der Waals surface area contributed by atoms with Gasteiger partial charge in [-0.05, 0) is 61.4 Å². The van der Waals surface area contributed by atoms with Gasteiger partial charge in [-0.2, -0.15) is 0 Å². The second-order valence-corrected chi connectivity index (χ2v) is 11.7. The molecule has 0 fully saturated rings. The van der Waals surface area contributed by atoms with Gasteiger partial charge in [-0.1, -0.05) is 86.6 Å². The second-order valence-electron chi connectivity index (χ2n) is 11.7. The monoisotopic (exact) mass is 520 g/mol. The van der Waals surface area contributed by atoms with Crippen molar-refractivity contribution in [3.05, 3.63) is 144 Å². The van der Waals surface area contributed by atoms with Crippen molar-refractivity contribution in [1.82, 2.24) is 19.1 Å². The minimum atomic E-state index is -0.527. The first kappa shape index (κ1) is 24.3. The molecule has 7 rings (SSSR count). The van der Waals surface area contributed by atoms with Crippen LogP contribution in [0.1, 0.15) is 50.5 Å². The van der Waals surface area contributed by atoms with Crippen LogP contribution in [0.15, 0.2) is 122 Å². The number of aromatic nitrogens is 4. The molecule has 4 nitrogen and oxygen atoms in total. The van der Waals surface area contributed by atoms with Gasteiger partial charge in [0.1, 0.15) is 11.6 Å². The molecule has 0 radical (unpaired) electrons. The molecule has 4 aromatic carbocycles. The number of hydrogen-bond acceptors (Lipinski definition) is 2. The van der Waals surface area contributed by atoms with E-state index in [9.17, 15) is 0 Å². The maximum Gasteiger partial charge on any atom is 0.127 e. The van der Waals surface area contributed by atoms with Crippen LogP contribution in [-0.4, -0.2) is 19.1 Å². The zero-order valence-corrected chi connectivity index (χ0v) is 23.3. The lowest BCUT2D eigenvalue weighted by Crippen LogP contribution is -2.28. The van der Waals surface area contributed by atoms with Gasteiger partial charge in [0.2, 0.25) is 0 Å². The van der Waals surface area contributed by atoms with Crippen LogP contribution in [-0.2, 0) is 10.8 Å². The molecule has 0 amide bonds. The Kier molecular flexibility index (Phi) is 5.43. The van der Waals surface area contributed by atoms with Crippen molar-refractivity contribution in [3.63, 3.8) is 0 Å². The van der Waals surface area contributed by atoms with Crippen LogP contribution in [0.25, 0.3) is 33.9 Å². The molecule has 40 heavy (non-hydrogen) atoms. The highest BCUT2D eigenvalue weighted by Gasteiger charge is 2.36. The summed E-state index contributed by atoms with van der Waals surface area (Å²) >= 11 is 0. The smallest absolute Gasteiger partial charge is 0.127 e. The minimum absolute atomic E-state index is 0.203. The fourth-order valence-electron chi connectivity index (χ4n) is 5.89. The highest BCUT2D eigenvalue weighted by Crippen LogP contribution is 2.40. The van der Waals surface area contributed by atoms with Gasteiger partial charge in [0, 0.05) is 40.3 Å². The number of para-hydroxylation sites is 2. The Bertz CT molecular complexity index is 1710. The Morgan fingerprint density at radius 1 is 0.475 bits per heavy atom. The third-order valence-electron chi connectivity index (χ3n) is 8.36. The molecule has 0 aliphatic carbocycles. The predicted molar refractivity (Wildman–Crippen MR) is 162 cm³/mol. The van der Waals surface area contributed by atoms with Crippen LogP contribution in [0, 0.1) is 0 Å². The summed E-state index contributed by atoms with van der Waals surface area (Å²) in [5.41, 5.74) is 8.06. The fraction of sp³-hybridized carbons (Fsp3) is 0.167. The fourth-order valence-corrected chi connectivity index (χ4v) is 5.89. The SMILES string of the molecule is CC1(C)c2cccc(c2)-c2cn(-c3ccccc3)c(n2)C(C)(C)c2nc(cn2-c2ccccc2)-c2cccc1c2. The lowest BCUT2D eigenvalue weighted by Gasteiger charge is -2.27. The zero-order chi connectivity index (χ0) is 27.5. The molecule has 3 heterocycles. The minimum Gasteiger partial charge on any atom is -0.302 e. The van der Waals surface area contributed by atoms with E-state index >= 15 is 0 Å². The van der Waals surface area contributed by atoms with Crippen LogP contribution in [0.5, 0.6) is 0 Å². The normalized spacial score (nSPS) is 14.9. The summed E-state index contributed by atoms with van der Waals surface area (Å²) in [6, 6.07) is 38.7. The third kappa shape index (κ3) is 3.83.